The minimum Gasteiger partial charge on any atom is -0.490 e. The predicted molar refractivity (Wildman–Crippen MR) is 114 cm³/mol. The third-order valence-corrected chi connectivity index (χ3v) is 7.03. The summed E-state index contributed by atoms with van der Waals surface area (Å²) in [5.41, 5.74) is 7.51. The van der Waals surface area contributed by atoms with Gasteiger partial charge in [0.2, 0.25) is 5.91 Å². The standard InChI is InChI=1S/C24H30N2O5/c1-13(2)19-17-11-12-18(19)21(24(29)30)20(17)23(28)26-25-22(27)14-7-9-16(10-8-14)31-15-5-3-4-6-15/h7-10,15,17-18,20-21H,3-6,11-12H2,1-2H3,(H,25,27)(H,26,28)(H,29,30)/t17-,18+,20+,21+/m0/s1. The van der Waals surface area contributed by atoms with Gasteiger partial charge in [-0.25, -0.2) is 0 Å². The summed E-state index contributed by atoms with van der Waals surface area (Å²) in [6, 6.07) is 6.83. The minimum atomic E-state index is -0.949. The van der Waals surface area contributed by atoms with Crippen molar-refractivity contribution in [2.45, 2.75) is 58.5 Å². The van der Waals surface area contributed by atoms with Gasteiger partial charge in [-0.05, 0) is 88.5 Å². The van der Waals surface area contributed by atoms with Crippen molar-refractivity contribution < 1.29 is 24.2 Å². The number of rotatable bonds is 5. The quantitative estimate of drug-likeness (QED) is 0.494. The average Bonchev–Trinajstić information content (AvgIpc) is 3.47. The molecule has 3 fully saturated rings. The molecule has 4 atom stereocenters. The lowest BCUT2D eigenvalue weighted by Gasteiger charge is -2.26. The van der Waals surface area contributed by atoms with Crippen LogP contribution in [-0.4, -0.2) is 29.0 Å². The Morgan fingerprint density at radius 2 is 1.52 bits per heavy atom. The van der Waals surface area contributed by atoms with E-state index in [1.54, 1.807) is 24.3 Å². The number of aliphatic carboxylic acids is 1. The molecule has 3 aliphatic carbocycles. The molecule has 7 nitrogen and oxygen atoms in total. The van der Waals surface area contributed by atoms with Gasteiger partial charge in [-0.3, -0.25) is 25.2 Å². The molecular weight excluding hydrogens is 396 g/mol. The molecule has 0 heterocycles. The van der Waals surface area contributed by atoms with E-state index in [1.165, 1.54) is 12.8 Å². The minimum absolute atomic E-state index is 0.0694. The number of allylic oxidation sites excluding steroid dienone is 2. The van der Waals surface area contributed by atoms with Crippen LogP contribution in [0.1, 0.15) is 62.7 Å². The highest BCUT2D eigenvalue weighted by atomic mass is 16.5. The molecule has 1 aromatic carbocycles. The number of ether oxygens (including phenoxy) is 1. The summed E-state index contributed by atoms with van der Waals surface area (Å²) in [6.07, 6.45) is 6.34. The SMILES string of the molecule is CC(C)=C1[C@H]2CC[C@@H]1[C@@H](C(=O)NNC(=O)c1ccc(OC3CCCC3)cc1)[C@@H]2C(=O)O. The lowest BCUT2D eigenvalue weighted by atomic mass is 9.79. The number of carbonyl (C=O) groups is 3. The molecule has 31 heavy (non-hydrogen) atoms. The Balaban J connectivity index is 1.37. The van der Waals surface area contributed by atoms with Gasteiger partial charge in [-0.1, -0.05) is 11.1 Å². The average molecular weight is 427 g/mol. The van der Waals surface area contributed by atoms with Crippen molar-refractivity contribution in [3.8, 4) is 5.75 Å². The smallest absolute Gasteiger partial charge is 0.307 e. The third-order valence-electron chi connectivity index (χ3n) is 7.03. The van der Waals surface area contributed by atoms with Crippen molar-refractivity contribution in [2.75, 3.05) is 0 Å². The molecule has 0 spiro atoms. The number of hydrazine groups is 1. The van der Waals surface area contributed by atoms with E-state index >= 15 is 0 Å². The van der Waals surface area contributed by atoms with E-state index in [0.717, 1.165) is 42.6 Å². The Kier molecular flexibility index (Phi) is 6.03. The first-order chi connectivity index (χ1) is 14.9. The van der Waals surface area contributed by atoms with Crippen molar-refractivity contribution in [1.29, 1.82) is 0 Å². The van der Waals surface area contributed by atoms with Gasteiger partial charge in [-0.2, -0.15) is 0 Å². The molecule has 0 aliphatic heterocycles. The van der Waals surface area contributed by atoms with Crippen molar-refractivity contribution >= 4 is 17.8 Å². The van der Waals surface area contributed by atoms with Gasteiger partial charge in [-0.15, -0.1) is 0 Å². The van der Waals surface area contributed by atoms with E-state index in [0.29, 0.717) is 5.56 Å². The van der Waals surface area contributed by atoms with Crippen LogP contribution in [0.4, 0.5) is 0 Å². The maximum atomic E-state index is 12.9. The highest BCUT2D eigenvalue weighted by Crippen LogP contribution is 2.57. The van der Waals surface area contributed by atoms with Crippen LogP contribution in [0.15, 0.2) is 35.4 Å². The van der Waals surface area contributed by atoms with Crippen molar-refractivity contribution in [3.63, 3.8) is 0 Å². The zero-order valence-electron chi connectivity index (χ0n) is 18.0. The Hall–Kier alpha value is -2.83. The van der Waals surface area contributed by atoms with Crippen LogP contribution in [0.3, 0.4) is 0 Å². The Labute approximate surface area is 182 Å². The summed E-state index contributed by atoms with van der Waals surface area (Å²) in [4.78, 5) is 37.2. The number of nitrogens with one attached hydrogen (secondary N) is 2. The molecule has 7 heteroatoms. The molecular formula is C24H30N2O5. The molecule has 0 radical (unpaired) electrons. The predicted octanol–water partition coefficient (Wildman–Crippen LogP) is 3.46. The molecule has 4 rings (SSSR count). The van der Waals surface area contributed by atoms with E-state index in [9.17, 15) is 19.5 Å². The van der Waals surface area contributed by atoms with Crippen LogP contribution in [-0.2, 0) is 9.59 Å². The first-order valence-electron chi connectivity index (χ1n) is 11.1. The van der Waals surface area contributed by atoms with Crippen LogP contribution in [0, 0.1) is 23.7 Å². The lowest BCUT2D eigenvalue weighted by Crippen LogP contribution is -2.48. The molecule has 1 aromatic rings. The summed E-state index contributed by atoms with van der Waals surface area (Å²) >= 11 is 0. The fraction of sp³-hybridized carbons (Fsp3) is 0.542. The largest absolute Gasteiger partial charge is 0.490 e. The van der Waals surface area contributed by atoms with Gasteiger partial charge >= 0.3 is 5.97 Å². The highest BCUT2D eigenvalue weighted by molar-refractivity contribution is 5.96. The summed E-state index contributed by atoms with van der Waals surface area (Å²) in [5.74, 6) is -2.67. The van der Waals surface area contributed by atoms with Gasteiger partial charge in [0.1, 0.15) is 5.75 Å². The van der Waals surface area contributed by atoms with E-state index in [2.05, 4.69) is 10.9 Å². The van der Waals surface area contributed by atoms with Crippen molar-refractivity contribution in [1.82, 2.24) is 10.9 Å². The fourth-order valence-electron chi connectivity index (χ4n) is 5.76. The molecule has 0 saturated heterocycles. The fourth-order valence-corrected chi connectivity index (χ4v) is 5.76. The molecule has 3 N–H and O–H groups in total. The number of hydrogen-bond donors (Lipinski definition) is 3. The molecule has 0 unspecified atom stereocenters. The Morgan fingerprint density at radius 3 is 2.10 bits per heavy atom. The molecule has 2 bridgehead atoms. The maximum Gasteiger partial charge on any atom is 0.307 e. The number of fused-ring (bicyclic) bond motifs is 2. The topological polar surface area (TPSA) is 105 Å². The Bertz CT molecular complexity index is 897. The van der Waals surface area contributed by atoms with Gasteiger partial charge < -0.3 is 9.84 Å². The van der Waals surface area contributed by atoms with E-state index in [4.69, 9.17) is 4.74 Å². The summed E-state index contributed by atoms with van der Waals surface area (Å²) in [7, 11) is 0. The zero-order valence-corrected chi connectivity index (χ0v) is 18.0. The second-order valence-corrected chi connectivity index (χ2v) is 9.13. The van der Waals surface area contributed by atoms with Gasteiger partial charge in [0.05, 0.1) is 17.9 Å². The monoisotopic (exact) mass is 426 g/mol. The zero-order chi connectivity index (χ0) is 22.1. The number of hydrogen-bond acceptors (Lipinski definition) is 4. The maximum absolute atomic E-state index is 12.9. The van der Waals surface area contributed by atoms with Gasteiger partial charge in [0.25, 0.3) is 5.91 Å². The van der Waals surface area contributed by atoms with Crippen LogP contribution < -0.4 is 15.6 Å². The summed E-state index contributed by atoms with van der Waals surface area (Å²) < 4.78 is 5.91. The molecule has 3 saturated carbocycles. The third kappa shape index (κ3) is 4.18. The summed E-state index contributed by atoms with van der Waals surface area (Å²) in [6.45, 7) is 3.95. The molecule has 166 valence electrons. The number of amides is 2. The van der Waals surface area contributed by atoms with Crippen molar-refractivity contribution in [2.24, 2.45) is 23.7 Å². The van der Waals surface area contributed by atoms with E-state index < -0.39 is 29.6 Å². The molecule has 0 aromatic heterocycles. The van der Waals surface area contributed by atoms with Crippen LogP contribution in [0.25, 0.3) is 0 Å². The second kappa shape index (κ2) is 8.73. The first-order valence-corrected chi connectivity index (χ1v) is 11.1. The summed E-state index contributed by atoms with van der Waals surface area (Å²) in [5, 5.41) is 9.74. The normalized spacial score (nSPS) is 27.2. The molecule has 3 aliphatic rings. The Morgan fingerprint density at radius 1 is 0.903 bits per heavy atom. The van der Waals surface area contributed by atoms with Crippen LogP contribution >= 0.6 is 0 Å². The molecule has 2 amide bonds. The van der Waals surface area contributed by atoms with Crippen LogP contribution in [0.5, 0.6) is 5.75 Å². The van der Waals surface area contributed by atoms with Crippen molar-refractivity contribution in [3.05, 3.63) is 41.0 Å². The lowest BCUT2D eigenvalue weighted by molar-refractivity contribution is -0.149. The number of carboxylic acid groups (broad SMARTS) is 1. The first kappa shape index (κ1) is 21.4. The number of carbonyl (C=O) groups excluding carboxylic acids is 2. The van der Waals surface area contributed by atoms with Crippen LogP contribution in [0.2, 0.25) is 0 Å². The van der Waals surface area contributed by atoms with Gasteiger partial charge in [0.15, 0.2) is 0 Å². The van der Waals surface area contributed by atoms with Gasteiger partial charge in [0, 0.05) is 5.56 Å². The van der Waals surface area contributed by atoms with E-state index in [-0.39, 0.29) is 17.9 Å². The second-order valence-electron chi connectivity index (χ2n) is 9.13. The van der Waals surface area contributed by atoms with E-state index in [1.807, 2.05) is 13.8 Å². The number of carboxylic acids is 1. The highest BCUT2D eigenvalue weighted by Gasteiger charge is 2.57. The number of benzene rings is 1.